The first-order valence-electron chi connectivity index (χ1n) is 7.97. The third-order valence-electron chi connectivity index (χ3n) is 4.34. The van der Waals surface area contributed by atoms with Gasteiger partial charge in [0.15, 0.2) is 0 Å². The molecule has 1 spiro atoms. The van der Waals surface area contributed by atoms with E-state index in [0.717, 1.165) is 38.2 Å². The van der Waals surface area contributed by atoms with Crippen molar-refractivity contribution in [3.8, 4) is 0 Å². The maximum atomic E-state index is 12.4. The second kappa shape index (κ2) is 5.14. The van der Waals surface area contributed by atoms with Crippen LogP contribution in [0.15, 0.2) is 18.3 Å². The third-order valence-corrected chi connectivity index (χ3v) is 4.34. The van der Waals surface area contributed by atoms with E-state index in [4.69, 9.17) is 4.74 Å². The highest BCUT2D eigenvalue weighted by Crippen LogP contribution is 2.45. The predicted molar refractivity (Wildman–Crippen MR) is 86.1 cm³/mol. The average Bonchev–Trinajstić information content (AvgIpc) is 3.16. The number of pyridine rings is 1. The van der Waals surface area contributed by atoms with E-state index in [9.17, 15) is 4.79 Å². The molecule has 0 N–H and O–H groups in total. The molecular formula is C17H25N3O2. The fraction of sp³-hybridized carbons (Fsp3) is 0.647. The van der Waals surface area contributed by atoms with Crippen LogP contribution >= 0.6 is 0 Å². The van der Waals surface area contributed by atoms with Gasteiger partial charge in [0.2, 0.25) is 0 Å². The number of carbonyl (C=O) groups excluding carboxylic acids is 1. The molecule has 5 nitrogen and oxygen atoms in total. The summed E-state index contributed by atoms with van der Waals surface area (Å²) in [5.41, 5.74) is 1.75. The minimum absolute atomic E-state index is 0.0300. The Morgan fingerprint density at radius 3 is 2.64 bits per heavy atom. The number of hydrogen-bond donors (Lipinski definition) is 0. The summed E-state index contributed by atoms with van der Waals surface area (Å²) in [4.78, 5) is 21.0. The summed E-state index contributed by atoms with van der Waals surface area (Å²) in [6, 6.07) is 4.16. The first-order chi connectivity index (χ1) is 10.3. The van der Waals surface area contributed by atoms with Crippen LogP contribution < -0.4 is 4.90 Å². The SMILES string of the molecule is Cc1cc(N2CCN(C(=O)OC(C)(C)C)C3(CC3)C2)ccn1. The Morgan fingerprint density at radius 2 is 2.05 bits per heavy atom. The monoisotopic (exact) mass is 303 g/mol. The topological polar surface area (TPSA) is 45.7 Å². The first kappa shape index (κ1) is 15.1. The van der Waals surface area contributed by atoms with Crippen molar-refractivity contribution in [3.05, 3.63) is 24.0 Å². The molecule has 1 aromatic heterocycles. The molecule has 1 aromatic rings. The molecule has 5 heteroatoms. The Hall–Kier alpha value is -1.78. The van der Waals surface area contributed by atoms with E-state index in [2.05, 4.69) is 16.0 Å². The standard InChI is InChI=1S/C17H25N3O2/c1-13-11-14(5-8-18-13)19-9-10-20(17(12-19)6-7-17)15(21)22-16(2,3)4/h5,8,11H,6-7,9-10,12H2,1-4H3. The fourth-order valence-corrected chi connectivity index (χ4v) is 3.10. The van der Waals surface area contributed by atoms with E-state index in [0.29, 0.717) is 0 Å². The number of aromatic nitrogens is 1. The lowest BCUT2D eigenvalue weighted by molar-refractivity contribution is 0.0106. The van der Waals surface area contributed by atoms with Gasteiger partial charge in [-0.1, -0.05) is 0 Å². The van der Waals surface area contributed by atoms with E-state index in [1.54, 1.807) is 0 Å². The summed E-state index contributed by atoms with van der Waals surface area (Å²) in [5, 5.41) is 0. The summed E-state index contributed by atoms with van der Waals surface area (Å²) < 4.78 is 5.57. The number of nitrogens with zero attached hydrogens (tertiary/aromatic N) is 3. The molecule has 1 saturated carbocycles. The Morgan fingerprint density at radius 1 is 1.32 bits per heavy atom. The molecule has 1 aliphatic heterocycles. The van der Waals surface area contributed by atoms with E-state index >= 15 is 0 Å². The van der Waals surface area contributed by atoms with Gasteiger partial charge in [0.1, 0.15) is 5.60 Å². The van der Waals surface area contributed by atoms with Crippen molar-refractivity contribution in [3.63, 3.8) is 0 Å². The van der Waals surface area contributed by atoms with E-state index in [1.165, 1.54) is 5.69 Å². The van der Waals surface area contributed by atoms with Crippen molar-refractivity contribution >= 4 is 11.8 Å². The van der Waals surface area contributed by atoms with Crippen molar-refractivity contribution in [2.75, 3.05) is 24.5 Å². The highest BCUT2D eigenvalue weighted by molar-refractivity contribution is 5.71. The molecule has 1 aliphatic carbocycles. The quantitative estimate of drug-likeness (QED) is 0.800. The molecule has 0 radical (unpaired) electrons. The van der Waals surface area contributed by atoms with Crippen molar-refractivity contribution in [2.45, 2.75) is 51.7 Å². The molecule has 1 amide bonds. The number of hydrogen-bond acceptors (Lipinski definition) is 4. The number of carbonyl (C=O) groups is 1. The summed E-state index contributed by atoms with van der Waals surface area (Å²) in [6.07, 6.45) is 3.81. The van der Waals surface area contributed by atoms with Gasteiger partial charge in [0, 0.05) is 37.2 Å². The molecule has 2 fully saturated rings. The largest absolute Gasteiger partial charge is 0.444 e. The highest BCUT2D eigenvalue weighted by atomic mass is 16.6. The zero-order valence-electron chi connectivity index (χ0n) is 13.9. The summed E-state index contributed by atoms with van der Waals surface area (Å²) >= 11 is 0. The molecule has 1 saturated heterocycles. The van der Waals surface area contributed by atoms with Gasteiger partial charge < -0.3 is 9.64 Å². The predicted octanol–water partition coefficient (Wildman–Crippen LogP) is 2.98. The smallest absolute Gasteiger partial charge is 0.410 e. The molecule has 0 bridgehead atoms. The number of anilines is 1. The van der Waals surface area contributed by atoms with Crippen LogP contribution in [0.1, 0.15) is 39.3 Å². The molecule has 22 heavy (non-hydrogen) atoms. The van der Waals surface area contributed by atoms with Crippen molar-refractivity contribution in [1.82, 2.24) is 9.88 Å². The van der Waals surface area contributed by atoms with Gasteiger partial charge in [0.05, 0.1) is 5.54 Å². The van der Waals surface area contributed by atoms with Crippen molar-refractivity contribution in [2.24, 2.45) is 0 Å². The van der Waals surface area contributed by atoms with E-state index in [1.807, 2.05) is 44.9 Å². The second-order valence-electron chi connectivity index (χ2n) is 7.43. The average molecular weight is 303 g/mol. The number of aryl methyl sites for hydroxylation is 1. The van der Waals surface area contributed by atoms with Crippen LogP contribution in [-0.2, 0) is 4.74 Å². The first-order valence-corrected chi connectivity index (χ1v) is 7.97. The van der Waals surface area contributed by atoms with Crippen LogP contribution in [0.3, 0.4) is 0 Å². The van der Waals surface area contributed by atoms with Crippen LogP contribution in [-0.4, -0.2) is 46.8 Å². The van der Waals surface area contributed by atoms with E-state index in [-0.39, 0.29) is 11.6 Å². The Bertz CT molecular complexity index is 576. The Labute approximate surface area is 132 Å². The molecular weight excluding hydrogens is 278 g/mol. The molecule has 3 rings (SSSR count). The van der Waals surface area contributed by atoms with Gasteiger partial charge in [0.25, 0.3) is 0 Å². The molecule has 2 heterocycles. The lowest BCUT2D eigenvalue weighted by Gasteiger charge is -2.43. The van der Waals surface area contributed by atoms with E-state index < -0.39 is 5.60 Å². The summed E-state index contributed by atoms with van der Waals surface area (Å²) in [7, 11) is 0. The van der Waals surface area contributed by atoms with Crippen LogP contribution in [0.4, 0.5) is 10.5 Å². The number of amides is 1. The molecule has 120 valence electrons. The van der Waals surface area contributed by atoms with Crippen LogP contribution in [0.2, 0.25) is 0 Å². The highest BCUT2D eigenvalue weighted by Gasteiger charge is 2.54. The zero-order chi connectivity index (χ0) is 16.0. The van der Waals surface area contributed by atoms with Crippen LogP contribution in [0.25, 0.3) is 0 Å². The molecule has 0 atom stereocenters. The minimum Gasteiger partial charge on any atom is -0.444 e. The van der Waals surface area contributed by atoms with Gasteiger partial charge in [-0.25, -0.2) is 4.79 Å². The molecule has 2 aliphatic rings. The lowest BCUT2D eigenvalue weighted by atomic mass is 10.1. The van der Waals surface area contributed by atoms with Gasteiger partial charge in [-0.3, -0.25) is 9.88 Å². The minimum atomic E-state index is -0.438. The number of piperazine rings is 1. The maximum absolute atomic E-state index is 12.4. The maximum Gasteiger partial charge on any atom is 0.410 e. The van der Waals surface area contributed by atoms with Crippen molar-refractivity contribution in [1.29, 1.82) is 0 Å². The number of ether oxygens (including phenoxy) is 1. The molecule has 0 aromatic carbocycles. The van der Waals surface area contributed by atoms with Gasteiger partial charge in [-0.15, -0.1) is 0 Å². The van der Waals surface area contributed by atoms with Crippen LogP contribution in [0, 0.1) is 6.92 Å². The Balaban J connectivity index is 1.72. The van der Waals surface area contributed by atoms with Gasteiger partial charge in [-0.2, -0.15) is 0 Å². The summed E-state index contributed by atoms with van der Waals surface area (Å²) in [6.45, 7) is 10.2. The number of rotatable bonds is 1. The summed E-state index contributed by atoms with van der Waals surface area (Å²) in [5.74, 6) is 0. The Kier molecular flexibility index (Phi) is 3.54. The molecule has 0 unspecified atom stereocenters. The zero-order valence-corrected chi connectivity index (χ0v) is 13.9. The fourth-order valence-electron chi connectivity index (χ4n) is 3.10. The normalized spacial score (nSPS) is 20.2. The van der Waals surface area contributed by atoms with Crippen LogP contribution in [0.5, 0.6) is 0 Å². The van der Waals surface area contributed by atoms with Crippen molar-refractivity contribution < 1.29 is 9.53 Å². The van der Waals surface area contributed by atoms with Gasteiger partial charge in [-0.05, 0) is 52.7 Å². The van der Waals surface area contributed by atoms with Gasteiger partial charge >= 0.3 is 6.09 Å². The lowest BCUT2D eigenvalue weighted by Crippen LogP contribution is -2.58. The second-order valence-corrected chi connectivity index (χ2v) is 7.43. The third kappa shape index (κ3) is 3.03.